The molecule has 0 bridgehead atoms. The zero-order valence-corrected chi connectivity index (χ0v) is 12.4. The number of hydrogen-bond donors (Lipinski definition) is 1. The van der Waals surface area contributed by atoms with Crippen LogP contribution in [0.15, 0.2) is 5.38 Å². The van der Waals surface area contributed by atoms with Gasteiger partial charge in [0, 0.05) is 19.5 Å². The van der Waals surface area contributed by atoms with Gasteiger partial charge in [-0.05, 0) is 17.9 Å². The molecule has 2 N–H and O–H groups in total. The second-order valence-corrected chi connectivity index (χ2v) is 5.78. The van der Waals surface area contributed by atoms with Gasteiger partial charge in [-0.25, -0.2) is 0 Å². The number of hydrogen-bond acceptors (Lipinski definition) is 3. The van der Waals surface area contributed by atoms with Gasteiger partial charge in [0.25, 0.3) is 5.91 Å². The fourth-order valence-electron chi connectivity index (χ4n) is 1.33. The predicted molar refractivity (Wildman–Crippen MR) is 77.0 cm³/mol. The summed E-state index contributed by atoms with van der Waals surface area (Å²) in [5, 5.41) is 2.41. The number of thiophene rings is 1. The number of nitrogens with two attached hydrogens (primary N) is 1. The fourth-order valence-corrected chi connectivity index (χ4v) is 2.67. The zero-order valence-electron chi connectivity index (χ0n) is 9.99. The number of amides is 1. The minimum Gasteiger partial charge on any atom is -0.393 e. The van der Waals surface area contributed by atoms with E-state index in [-0.39, 0.29) is 11.8 Å². The van der Waals surface area contributed by atoms with Crippen LogP contribution in [0.4, 0.5) is 0 Å². The molecule has 1 unspecified atom stereocenters. The highest BCUT2D eigenvalue weighted by Crippen LogP contribution is 2.28. The molecule has 0 saturated carbocycles. The molecule has 3 nitrogen and oxygen atoms in total. The summed E-state index contributed by atoms with van der Waals surface area (Å²) in [5.41, 5.74) is 6.45. The Labute approximate surface area is 116 Å². The highest BCUT2D eigenvalue weighted by molar-refractivity contribution is 7.80. The molecule has 0 aliphatic heterocycles. The van der Waals surface area contributed by atoms with Crippen molar-refractivity contribution in [2.24, 2.45) is 11.7 Å². The second-order valence-electron chi connectivity index (χ2n) is 4.05. The second kappa shape index (κ2) is 5.80. The Hall–Kier alpha value is -0.650. The number of carbonyl (C=O) groups is 1. The molecular formula is C11H15ClN2OS2. The van der Waals surface area contributed by atoms with Crippen LogP contribution in [0.25, 0.3) is 0 Å². The molecule has 0 aliphatic rings. The average Bonchev–Trinajstić information content (AvgIpc) is 2.58. The third-order valence-electron chi connectivity index (χ3n) is 2.47. The highest BCUT2D eigenvalue weighted by Gasteiger charge is 2.20. The highest BCUT2D eigenvalue weighted by atomic mass is 35.5. The number of nitrogens with zero attached hydrogens (tertiary/aromatic N) is 1. The Balaban J connectivity index is 2.77. The van der Waals surface area contributed by atoms with Gasteiger partial charge in [-0.3, -0.25) is 4.79 Å². The van der Waals surface area contributed by atoms with E-state index in [0.717, 1.165) is 5.56 Å². The number of carbonyl (C=O) groups excluding carboxylic acids is 1. The van der Waals surface area contributed by atoms with Crippen LogP contribution in [0, 0.1) is 12.8 Å². The topological polar surface area (TPSA) is 46.3 Å². The van der Waals surface area contributed by atoms with E-state index in [4.69, 9.17) is 29.6 Å². The minimum atomic E-state index is -0.0869. The first-order chi connectivity index (χ1) is 7.84. The Morgan fingerprint density at radius 3 is 2.71 bits per heavy atom. The molecule has 6 heteroatoms. The summed E-state index contributed by atoms with van der Waals surface area (Å²) < 4.78 is 0. The molecular weight excluding hydrogens is 276 g/mol. The maximum absolute atomic E-state index is 12.1. The molecule has 1 aromatic heterocycles. The van der Waals surface area contributed by atoms with Crippen molar-refractivity contribution >= 4 is 46.1 Å². The predicted octanol–water partition coefficient (Wildman–Crippen LogP) is 2.70. The van der Waals surface area contributed by atoms with E-state index in [2.05, 4.69) is 0 Å². The van der Waals surface area contributed by atoms with Crippen molar-refractivity contribution in [3.8, 4) is 0 Å². The number of aryl methyl sites for hydroxylation is 1. The Kier molecular flexibility index (Phi) is 4.91. The molecule has 94 valence electrons. The minimum absolute atomic E-state index is 0.00113. The monoisotopic (exact) mass is 290 g/mol. The molecule has 1 atom stereocenters. The summed E-state index contributed by atoms with van der Waals surface area (Å²) in [7, 11) is 1.72. The molecule has 0 fully saturated rings. The van der Waals surface area contributed by atoms with Gasteiger partial charge in [0.15, 0.2) is 0 Å². The summed E-state index contributed by atoms with van der Waals surface area (Å²) in [4.78, 5) is 14.7. The third-order valence-corrected chi connectivity index (χ3v) is 4.56. The van der Waals surface area contributed by atoms with Gasteiger partial charge >= 0.3 is 0 Å². The molecule has 1 rings (SSSR count). The molecule has 0 spiro atoms. The SMILES string of the molecule is Cc1csc(C(=O)N(C)CC(C)C(N)=S)c1Cl. The Bertz CT molecular complexity index is 445. The standard InChI is InChI=1S/C11H15ClN2OS2/c1-6(10(13)16)4-14(3)11(15)9-8(12)7(2)5-17-9/h5-6H,4H2,1-3H3,(H2,13,16). The van der Waals surface area contributed by atoms with Crippen LogP contribution in [0.5, 0.6) is 0 Å². The molecule has 1 heterocycles. The Morgan fingerprint density at radius 1 is 1.71 bits per heavy atom. The first-order valence-corrected chi connectivity index (χ1v) is 6.79. The van der Waals surface area contributed by atoms with Gasteiger partial charge in [-0.1, -0.05) is 30.7 Å². The fraction of sp³-hybridized carbons (Fsp3) is 0.455. The summed E-state index contributed by atoms with van der Waals surface area (Å²) in [6.45, 7) is 4.28. The van der Waals surface area contributed by atoms with Crippen LogP contribution < -0.4 is 5.73 Å². The van der Waals surface area contributed by atoms with E-state index in [1.165, 1.54) is 11.3 Å². The first-order valence-electron chi connectivity index (χ1n) is 5.13. The number of halogens is 1. The maximum atomic E-state index is 12.1. The summed E-state index contributed by atoms with van der Waals surface area (Å²) >= 11 is 12.3. The summed E-state index contributed by atoms with van der Waals surface area (Å²) in [6.07, 6.45) is 0. The molecule has 0 aromatic carbocycles. The van der Waals surface area contributed by atoms with E-state index in [0.29, 0.717) is 21.4 Å². The van der Waals surface area contributed by atoms with Crippen LogP contribution in [0.3, 0.4) is 0 Å². The lowest BCUT2D eigenvalue weighted by Gasteiger charge is -2.20. The lowest BCUT2D eigenvalue weighted by Crippen LogP contribution is -2.35. The molecule has 0 radical (unpaired) electrons. The lowest BCUT2D eigenvalue weighted by molar-refractivity contribution is 0.0792. The van der Waals surface area contributed by atoms with Crippen molar-refractivity contribution in [2.45, 2.75) is 13.8 Å². The largest absolute Gasteiger partial charge is 0.393 e. The molecule has 17 heavy (non-hydrogen) atoms. The van der Waals surface area contributed by atoms with Crippen LogP contribution in [-0.4, -0.2) is 29.4 Å². The summed E-state index contributed by atoms with van der Waals surface area (Å²) in [5.74, 6) is -0.0880. The molecule has 0 aliphatic carbocycles. The van der Waals surface area contributed by atoms with Gasteiger partial charge in [0.1, 0.15) is 4.88 Å². The van der Waals surface area contributed by atoms with Crippen LogP contribution in [0.1, 0.15) is 22.2 Å². The van der Waals surface area contributed by atoms with E-state index in [1.807, 2.05) is 19.2 Å². The van der Waals surface area contributed by atoms with Crippen molar-refractivity contribution in [3.05, 3.63) is 20.8 Å². The number of rotatable bonds is 4. The van der Waals surface area contributed by atoms with Gasteiger partial charge < -0.3 is 10.6 Å². The number of thiocarbonyl (C=S) groups is 1. The molecule has 1 amide bonds. The van der Waals surface area contributed by atoms with Gasteiger partial charge in [-0.2, -0.15) is 0 Å². The average molecular weight is 291 g/mol. The van der Waals surface area contributed by atoms with Crippen molar-refractivity contribution in [1.82, 2.24) is 4.90 Å². The molecule has 0 saturated heterocycles. The van der Waals surface area contributed by atoms with Crippen molar-refractivity contribution < 1.29 is 4.79 Å². The van der Waals surface area contributed by atoms with Gasteiger partial charge in [0.05, 0.1) is 10.0 Å². The third kappa shape index (κ3) is 3.40. The maximum Gasteiger partial charge on any atom is 0.265 e. The van der Waals surface area contributed by atoms with Crippen LogP contribution in [-0.2, 0) is 0 Å². The van der Waals surface area contributed by atoms with Crippen LogP contribution >= 0.6 is 35.2 Å². The van der Waals surface area contributed by atoms with Crippen molar-refractivity contribution in [2.75, 3.05) is 13.6 Å². The van der Waals surface area contributed by atoms with Gasteiger partial charge in [0.2, 0.25) is 0 Å². The van der Waals surface area contributed by atoms with E-state index >= 15 is 0 Å². The van der Waals surface area contributed by atoms with Crippen molar-refractivity contribution in [1.29, 1.82) is 0 Å². The smallest absolute Gasteiger partial charge is 0.265 e. The van der Waals surface area contributed by atoms with Crippen molar-refractivity contribution in [3.63, 3.8) is 0 Å². The first kappa shape index (κ1) is 14.4. The lowest BCUT2D eigenvalue weighted by atomic mass is 10.1. The Morgan fingerprint density at radius 2 is 2.29 bits per heavy atom. The van der Waals surface area contributed by atoms with E-state index in [9.17, 15) is 4.79 Å². The van der Waals surface area contributed by atoms with Crippen LogP contribution in [0.2, 0.25) is 5.02 Å². The quantitative estimate of drug-likeness (QED) is 0.867. The molecule has 1 aromatic rings. The van der Waals surface area contributed by atoms with E-state index < -0.39 is 0 Å². The zero-order chi connectivity index (χ0) is 13.2. The summed E-state index contributed by atoms with van der Waals surface area (Å²) in [6, 6.07) is 0. The van der Waals surface area contributed by atoms with Gasteiger partial charge in [-0.15, -0.1) is 11.3 Å². The normalized spacial score (nSPS) is 12.2. The van der Waals surface area contributed by atoms with E-state index in [1.54, 1.807) is 11.9 Å².